The largest absolute Gasteiger partial charge is 0.378 e. The van der Waals surface area contributed by atoms with Gasteiger partial charge in [-0.2, -0.15) is 0 Å². The molecule has 60 valence electrons. The Bertz CT molecular complexity index is 235. The maximum absolute atomic E-state index is 10.6. The van der Waals surface area contributed by atoms with Gasteiger partial charge in [-0.1, -0.05) is 0 Å². The van der Waals surface area contributed by atoms with Crippen LogP contribution < -0.4 is 0 Å². The van der Waals surface area contributed by atoms with Crippen LogP contribution in [0.1, 0.15) is 6.42 Å². The molecule has 1 fully saturated rings. The standard InChI is InChI=1S/C5H5NO5/c7-2-1-3(8)5(9)4(2)6(10)11/h4-5,9H,1H2. The van der Waals surface area contributed by atoms with Crippen molar-refractivity contribution in [2.24, 2.45) is 0 Å². The molecular weight excluding hydrogens is 154 g/mol. The SMILES string of the molecule is O=C1CC(=O)C([N+](=O)[O-])C1O. The smallest absolute Gasteiger partial charge is 0.303 e. The first-order chi connectivity index (χ1) is 5.04. The number of aliphatic hydroxyl groups is 1. The molecule has 2 unspecified atom stereocenters. The van der Waals surface area contributed by atoms with Gasteiger partial charge in [0.25, 0.3) is 0 Å². The highest BCUT2D eigenvalue weighted by Crippen LogP contribution is 2.14. The van der Waals surface area contributed by atoms with Crippen LogP contribution in [-0.2, 0) is 9.59 Å². The first-order valence-corrected chi connectivity index (χ1v) is 2.91. The summed E-state index contributed by atoms with van der Waals surface area (Å²) in [5, 5.41) is 18.8. The summed E-state index contributed by atoms with van der Waals surface area (Å²) in [6.07, 6.45) is -2.26. The fourth-order valence-corrected chi connectivity index (χ4v) is 0.966. The average Bonchev–Trinajstić information content (AvgIpc) is 2.07. The Morgan fingerprint density at radius 3 is 2.18 bits per heavy atom. The third-order valence-electron chi connectivity index (χ3n) is 1.53. The molecule has 1 saturated carbocycles. The summed E-state index contributed by atoms with van der Waals surface area (Å²) in [4.78, 5) is 30.2. The van der Waals surface area contributed by atoms with Crippen LogP contribution in [0.25, 0.3) is 0 Å². The fraction of sp³-hybridized carbons (Fsp3) is 0.600. The van der Waals surface area contributed by atoms with Crippen molar-refractivity contribution in [3.8, 4) is 0 Å². The third kappa shape index (κ3) is 1.12. The molecule has 0 spiro atoms. The van der Waals surface area contributed by atoms with Crippen LogP contribution in [0.2, 0.25) is 0 Å². The molecule has 11 heavy (non-hydrogen) atoms. The summed E-state index contributed by atoms with van der Waals surface area (Å²) in [6.45, 7) is 0. The number of hydrogen-bond donors (Lipinski definition) is 1. The predicted octanol–water partition coefficient (Wildman–Crippen LogP) is -1.47. The molecule has 0 aliphatic heterocycles. The molecule has 0 radical (unpaired) electrons. The van der Waals surface area contributed by atoms with Crippen LogP contribution in [0.15, 0.2) is 0 Å². The molecule has 0 heterocycles. The van der Waals surface area contributed by atoms with Crippen LogP contribution in [-0.4, -0.2) is 33.7 Å². The molecule has 1 N–H and O–H groups in total. The topological polar surface area (TPSA) is 97.5 Å². The number of hydrogen-bond acceptors (Lipinski definition) is 5. The first kappa shape index (κ1) is 7.80. The van der Waals surface area contributed by atoms with Gasteiger partial charge in [-0.3, -0.25) is 19.7 Å². The number of aliphatic hydroxyl groups excluding tert-OH is 1. The molecule has 0 bridgehead atoms. The van der Waals surface area contributed by atoms with E-state index in [0.29, 0.717) is 0 Å². The Morgan fingerprint density at radius 1 is 1.45 bits per heavy atom. The van der Waals surface area contributed by atoms with Gasteiger partial charge in [0.15, 0.2) is 11.9 Å². The van der Waals surface area contributed by atoms with E-state index in [1.807, 2.05) is 0 Å². The highest BCUT2D eigenvalue weighted by Gasteiger charge is 2.48. The number of nitrogens with zero attached hydrogens (tertiary/aromatic N) is 1. The quantitative estimate of drug-likeness (QED) is 0.286. The molecule has 0 aromatic heterocycles. The average molecular weight is 159 g/mol. The van der Waals surface area contributed by atoms with Crippen LogP contribution in [0.4, 0.5) is 0 Å². The lowest BCUT2D eigenvalue weighted by Crippen LogP contribution is -2.35. The van der Waals surface area contributed by atoms with Gasteiger partial charge in [-0.15, -0.1) is 0 Å². The van der Waals surface area contributed by atoms with Gasteiger partial charge in [0.05, 0.1) is 6.42 Å². The second-order valence-corrected chi connectivity index (χ2v) is 2.28. The van der Waals surface area contributed by atoms with Crippen molar-refractivity contribution in [1.82, 2.24) is 0 Å². The summed E-state index contributed by atoms with van der Waals surface area (Å²) in [5.41, 5.74) is 0. The van der Waals surface area contributed by atoms with E-state index in [1.54, 1.807) is 0 Å². The van der Waals surface area contributed by atoms with E-state index < -0.39 is 35.1 Å². The Morgan fingerprint density at radius 2 is 2.00 bits per heavy atom. The van der Waals surface area contributed by atoms with Crippen molar-refractivity contribution < 1.29 is 19.6 Å². The Kier molecular flexibility index (Phi) is 1.69. The fourth-order valence-electron chi connectivity index (χ4n) is 0.966. The zero-order valence-electron chi connectivity index (χ0n) is 5.39. The lowest BCUT2D eigenvalue weighted by atomic mass is 10.2. The van der Waals surface area contributed by atoms with Gasteiger partial charge in [0, 0.05) is 4.92 Å². The zero-order chi connectivity index (χ0) is 8.59. The second-order valence-electron chi connectivity index (χ2n) is 2.28. The maximum Gasteiger partial charge on any atom is 0.303 e. The molecule has 6 heteroatoms. The molecule has 1 aliphatic carbocycles. The summed E-state index contributed by atoms with van der Waals surface area (Å²) < 4.78 is 0. The molecule has 1 aliphatic rings. The first-order valence-electron chi connectivity index (χ1n) is 2.91. The number of carbonyl (C=O) groups is 2. The highest BCUT2D eigenvalue weighted by atomic mass is 16.6. The van der Waals surface area contributed by atoms with Crippen molar-refractivity contribution in [2.75, 3.05) is 0 Å². The van der Waals surface area contributed by atoms with Crippen LogP contribution in [0, 0.1) is 10.1 Å². The van der Waals surface area contributed by atoms with E-state index >= 15 is 0 Å². The minimum atomic E-state index is -1.74. The Hall–Kier alpha value is -1.30. The van der Waals surface area contributed by atoms with Gasteiger partial charge in [0.1, 0.15) is 0 Å². The summed E-state index contributed by atoms with van der Waals surface area (Å²) in [6, 6.07) is -1.73. The monoisotopic (exact) mass is 159 g/mol. The van der Waals surface area contributed by atoms with Gasteiger partial charge < -0.3 is 5.11 Å². The predicted molar refractivity (Wildman–Crippen MR) is 31.4 cm³/mol. The summed E-state index contributed by atoms with van der Waals surface area (Å²) in [5.74, 6) is -1.58. The molecular formula is C5H5NO5. The Labute approximate surface area is 61.0 Å². The van der Waals surface area contributed by atoms with Crippen molar-refractivity contribution in [1.29, 1.82) is 0 Å². The van der Waals surface area contributed by atoms with Gasteiger partial charge in [-0.05, 0) is 0 Å². The molecule has 1 rings (SSSR count). The minimum absolute atomic E-state index is 0.521. The normalized spacial score (nSPS) is 31.0. The van der Waals surface area contributed by atoms with Gasteiger partial charge in [0.2, 0.25) is 5.78 Å². The van der Waals surface area contributed by atoms with Gasteiger partial charge >= 0.3 is 6.04 Å². The van der Waals surface area contributed by atoms with Crippen LogP contribution >= 0.6 is 0 Å². The molecule has 0 saturated heterocycles. The van der Waals surface area contributed by atoms with Crippen molar-refractivity contribution in [2.45, 2.75) is 18.6 Å². The molecule has 0 amide bonds. The van der Waals surface area contributed by atoms with Crippen LogP contribution in [0.5, 0.6) is 0 Å². The number of nitro groups is 1. The van der Waals surface area contributed by atoms with E-state index in [9.17, 15) is 19.7 Å². The van der Waals surface area contributed by atoms with Crippen molar-refractivity contribution >= 4 is 11.6 Å². The zero-order valence-corrected chi connectivity index (χ0v) is 5.39. The minimum Gasteiger partial charge on any atom is -0.378 e. The van der Waals surface area contributed by atoms with E-state index in [4.69, 9.17) is 5.11 Å². The van der Waals surface area contributed by atoms with E-state index in [1.165, 1.54) is 0 Å². The molecule has 2 atom stereocenters. The second kappa shape index (κ2) is 2.39. The van der Waals surface area contributed by atoms with E-state index in [2.05, 4.69) is 0 Å². The summed E-state index contributed by atoms with van der Waals surface area (Å²) in [7, 11) is 0. The number of ketones is 2. The van der Waals surface area contributed by atoms with E-state index in [-0.39, 0.29) is 0 Å². The number of carbonyl (C=O) groups excluding carboxylic acids is 2. The molecule has 0 aromatic carbocycles. The van der Waals surface area contributed by atoms with Crippen LogP contribution in [0.3, 0.4) is 0 Å². The van der Waals surface area contributed by atoms with Crippen molar-refractivity contribution in [3.63, 3.8) is 0 Å². The lowest BCUT2D eigenvalue weighted by Gasteiger charge is -2.01. The third-order valence-corrected chi connectivity index (χ3v) is 1.53. The lowest BCUT2D eigenvalue weighted by molar-refractivity contribution is -0.513. The molecule has 0 aromatic rings. The molecule has 6 nitrogen and oxygen atoms in total. The number of Topliss-reactive ketones (excluding diaryl/α,β-unsaturated/α-hetero) is 2. The maximum atomic E-state index is 10.6. The summed E-state index contributed by atoms with van der Waals surface area (Å²) >= 11 is 0. The number of rotatable bonds is 1. The highest BCUT2D eigenvalue weighted by molar-refractivity contribution is 6.11. The van der Waals surface area contributed by atoms with Crippen molar-refractivity contribution in [3.05, 3.63) is 10.1 Å². The van der Waals surface area contributed by atoms with E-state index in [0.717, 1.165) is 0 Å². The van der Waals surface area contributed by atoms with Gasteiger partial charge in [-0.25, -0.2) is 0 Å². The Balaban J connectivity index is 2.88.